The van der Waals surface area contributed by atoms with Crippen molar-refractivity contribution in [1.82, 2.24) is 14.8 Å². The van der Waals surface area contributed by atoms with Crippen molar-refractivity contribution in [2.75, 3.05) is 30.8 Å². The van der Waals surface area contributed by atoms with Crippen molar-refractivity contribution >= 4 is 18.2 Å². The summed E-state index contributed by atoms with van der Waals surface area (Å²) in [4.78, 5) is 6.26. The molecule has 1 aliphatic rings. The first kappa shape index (κ1) is 16.3. The van der Waals surface area contributed by atoms with Gasteiger partial charge in [0, 0.05) is 36.5 Å². The Morgan fingerprint density at radius 3 is 2.71 bits per heavy atom. The minimum atomic E-state index is -4.55. The van der Waals surface area contributed by atoms with E-state index in [-0.39, 0.29) is 16.1 Å². The highest BCUT2D eigenvalue weighted by atomic mass is 19.4. The van der Waals surface area contributed by atoms with E-state index in [1.54, 1.807) is 12.1 Å². The van der Waals surface area contributed by atoms with E-state index in [0.717, 1.165) is 37.6 Å². The molecule has 0 bridgehead atoms. The van der Waals surface area contributed by atoms with E-state index in [1.165, 1.54) is 0 Å². The van der Waals surface area contributed by atoms with Gasteiger partial charge in [-0.25, -0.2) is 9.56 Å². The highest BCUT2D eigenvalue weighted by molar-refractivity contribution is 5.67. The fraction of sp³-hybridized carbons (Fsp3) is 0.400. The lowest BCUT2D eigenvalue weighted by Gasteiger charge is -2.18. The second-order valence-corrected chi connectivity index (χ2v) is 5.92. The van der Waals surface area contributed by atoms with Gasteiger partial charge in [0.1, 0.15) is 19.6 Å². The third kappa shape index (κ3) is 3.19. The smallest absolute Gasteiger partial charge is 0.384 e. The van der Waals surface area contributed by atoms with Crippen LogP contribution in [-0.4, -0.2) is 52.2 Å². The molecule has 6 nitrogen and oxygen atoms in total. The summed E-state index contributed by atoms with van der Waals surface area (Å²) in [6.45, 7) is 5.52. The summed E-state index contributed by atoms with van der Waals surface area (Å²) in [5, 5.41) is 3.34. The van der Waals surface area contributed by atoms with Crippen molar-refractivity contribution in [3.8, 4) is 11.3 Å². The van der Waals surface area contributed by atoms with E-state index in [4.69, 9.17) is 5.73 Å². The molecule has 3 heterocycles. The van der Waals surface area contributed by atoms with Crippen molar-refractivity contribution < 1.29 is 17.7 Å². The Balaban J connectivity index is 1.90. The SMILES string of the molecule is C=[N+](C)[C@@H]1CCN(c2cc(N)nc(-c3cnn(C(F)(F)F)c3)c2)C1. The molecule has 1 fully saturated rings. The Morgan fingerprint density at radius 1 is 1.38 bits per heavy atom. The van der Waals surface area contributed by atoms with E-state index in [2.05, 4.69) is 21.7 Å². The molecule has 0 spiro atoms. The predicted octanol–water partition coefficient (Wildman–Crippen LogP) is 1.93. The van der Waals surface area contributed by atoms with Crippen LogP contribution in [0.5, 0.6) is 0 Å². The molecule has 128 valence electrons. The first-order chi connectivity index (χ1) is 11.2. The van der Waals surface area contributed by atoms with Crippen molar-refractivity contribution in [3.63, 3.8) is 0 Å². The summed E-state index contributed by atoms with van der Waals surface area (Å²) >= 11 is 0. The van der Waals surface area contributed by atoms with E-state index in [1.807, 2.05) is 11.6 Å². The van der Waals surface area contributed by atoms with Gasteiger partial charge in [-0.3, -0.25) is 0 Å². The minimum Gasteiger partial charge on any atom is -0.384 e. The maximum atomic E-state index is 12.7. The van der Waals surface area contributed by atoms with Crippen LogP contribution >= 0.6 is 0 Å². The molecule has 9 heteroatoms. The van der Waals surface area contributed by atoms with E-state index in [9.17, 15) is 13.2 Å². The number of hydrogen-bond donors (Lipinski definition) is 1. The Kier molecular flexibility index (Phi) is 3.94. The molecule has 3 rings (SSSR count). The van der Waals surface area contributed by atoms with Crippen molar-refractivity contribution in [2.45, 2.75) is 18.8 Å². The van der Waals surface area contributed by atoms with Crippen LogP contribution in [0.2, 0.25) is 0 Å². The van der Waals surface area contributed by atoms with Crippen LogP contribution in [0.1, 0.15) is 6.42 Å². The molecular formula is C15H18F3N6+. The van der Waals surface area contributed by atoms with Gasteiger partial charge < -0.3 is 10.6 Å². The number of anilines is 2. The first-order valence-electron chi connectivity index (χ1n) is 7.42. The summed E-state index contributed by atoms with van der Waals surface area (Å²) in [6, 6.07) is 3.79. The molecule has 1 aliphatic heterocycles. The molecule has 2 aromatic heterocycles. The minimum absolute atomic E-state index is 0.0452. The number of rotatable bonds is 3. The highest BCUT2D eigenvalue weighted by Crippen LogP contribution is 2.29. The van der Waals surface area contributed by atoms with Gasteiger partial charge in [-0.15, -0.1) is 13.2 Å². The first-order valence-corrected chi connectivity index (χ1v) is 7.42. The molecule has 0 saturated carbocycles. The number of nitrogens with two attached hydrogens (primary N) is 1. The van der Waals surface area contributed by atoms with Gasteiger partial charge in [-0.1, -0.05) is 0 Å². The average Bonchev–Trinajstić information content (AvgIpc) is 3.16. The Bertz CT molecular complexity index is 767. The van der Waals surface area contributed by atoms with Crippen LogP contribution in [0.15, 0.2) is 24.5 Å². The third-order valence-corrected chi connectivity index (χ3v) is 4.12. The summed E-state index contributed by atoms with van der Waals surface area (Å²) < 4.78 is 39.9. The lowest BCUT2D eigenvalue weighted by Crippen LogP contribution is -2.27. The number of pyridine rings is 1. The maximum absolute atomic E-state index is 12.7. The zero-order chi connectivity index (χ0) is 17.5. The number of likely N-dealkylation sites (N-methyl/N-ethyl adjacent to an activating group) is 1. The molecule has 2 aromatic rings. The molecule has 0 unspecified atom stereocenters. The second-order valence-electron chi connectivity index (χ2n) is 5.92. The molecular weight excluding hydrogens is 321 g/mol. The number of nitrogen functional groups attached to an aromatic ring is 1. The Morgan fingerprint density at radius 2 is 2.12 bits per heavy atom. The van der Waals surface area contributed by atoms with Crippen LogP contribution in [0.4, 0.5) is 24.7 Å². The molecule has 1 saturated heterocycles. The van der Waals surface area contributed by atoms with Crippen molar-refractivity contribution in [1.29, 1.82) is 0 Å². The van der Waals surface area contributed by atoms with Gasteiger partial charge in [-0.05, 0) is 6.07 Å². The largest absolute Gasteiger partial charge is 0.504 e. The molecule has 0 aromatic carbocycles. The van der Waals surface area contributed by atoms with Crippen molar-refractivity contribution in [2.24, 2.45) is 0 Å². The Hall–Kier alpha value is -2.58. The standard InChI is InChI=1S/C15H18F3N6/c1-22(2)11-3-4-23(9-11)12-5-13(21-14(19)6-12)10-7-20-24(8-10)15(16,17)18/h5-8,11H,1,3-4,9H2,2H3,(H2,19,21)/q+1/t11-/m1/s1. The Labute approximate surface area is 137 Å². The zero-order valence-electron chi connectivity index (χ0n) is 13.2. The molecule has 1 atom stereocenters. The molecule has 0 radical (unpaired) electrons. The molecule has 0 aliphatic carbocycles. The zero-order valence-corrected chi connectivity index (χ0v) is 13.2. The van der Waals surface area contributed by atoms with Crippen LogP contribution in [0.3, 0.4) is 0 Å². The summed E-state index contributed by atoms with van der Waals surface area (Å²) in [5.41, 5.74) is 7.31. The van der Waals surface area contributed by atoms with Gasteiger partial charge in [0.2, 0.25) is 0 Å². The topological polar surface area (TPSA) is 63.0 Å². The van der Waals surface area contributed by atoms with E-state index < -0.39 is 6.30 Å². The lowest BCUT2D eigenvalue weighted by molar-refractivity contribution is -0.524. The van der Waals surface area contributed by atoms with E-state index >= 15 is 0 Å². The fourth-order valence-corrected chi connectivity index (χ4v) is 2.80. The van der Waals surface area contributed by atoms with Crippen LogP contribution in [0.25, 0.3) is 11.3 Å². The van der Waals surface area contributed by atoms with Gasteiger partial charge in [0.25, 0.3) is 0 Å². The second kappa shape index (κ2) is 5.81. The fourth-order valence-electron chi connectivity index (χ4n) is 2.80. The van der Waals surface area contributed by atoms with Crippen LogP contribution < -0.4 is 10.6 Å². The quantitative estimate of drug-likeness (QED) is 0.686. The normalized spacial score (nSPS) is 18.2. The van der Waals surface area contributed by atoms with Crippen LogP contribution in [0, 0.1) is 0 Å². The number of aromatic nitrogens is 3. The van der Waals surface area contributed by atoms with E-state index in [0.29, 0.717) is 11.7 Å². The lowest BCUT2D eigenvalue weighted by atomic mass is 10.2. The average molecular weight is 339 g/mol. The number of halogens is 3. The number of nitrogens with zero attached hydrogens (tertiary/aromatic N) is 5. The number of hydrogen-bond acceptors (Lipinski definition) is 4. The number of alkyl halides is 3. The highest BCUT2D eigenvalue weighted by Gasteiger charge is 2.32. The predicted molar refractivity (Wildman–Crippen MR) is 85.1 cm³/mol. The molecule has 0 amide bonds. The van der Waals surface area contributed by atoms with Gasteiger partial charge in [0.15, 0.2) is 6.04 Å². The maximum Gasteiger partial charge on any atom is 0.504 e. The van der Waals surface area contributed by atoms with Gasteiger partial charge in [0.05, 0.1) is 18.4 Å². The van der Waals surface area contributed by atoms with Gasteiger partial charge >= 0.3 is 6.30 Å². The summed E-state index contributed by atoms with van der Waals surface area (Å²) in [7, 11) is 1.92. The van der Waals surface area contributed by atoms with Crippen LogP contribution in [-0.2, 0) is 6.30 Å². The molecule has 2 N–H and O–H groups in total. The summed E-state index contributed by atoms with van der Waals surface area (Å²) in [6.07, 6.45) is -1.55. The summed E-state index contributed by atoms with van der Waals surface area (Å²) in [5.74, 6) is 0.258. The molecule has 24 heavy (non-hydrogen) atoms. The van der Waals surface area contributed by atoms with Gasteiger partial charge in [-0.2, -0.15) is 9.78 Å². The monoisotopic (exact) mass is 339 g/mol. The third-order valence-electron chi connectivity index (χ3n) is 4.12. The van der Waals surface area contributed by atoms with Crippen molar-refractivity contribution in [3.05, 3.63) is 24.5 Å².